The lowest BCUT2D eigenvalue weighted by atomic mass is 9.56. The van der Waals surface area contributed by atoms with Crippen molar-refractivity contribution in [3.05, 3.63) is 45.5 Å². The lowest BCUT2D eigenvalue weighted by molar-refractivity contribution is -0.152. The molecule has 0 aromatic carbocycles. The number of hydrogen-bond donors (Lipinski definition) is 1. The second kappa shape index (κ2) is 11.7. The molecule has 2 bridgehead atoms. The number of aromatic nitrogens is 3. The third-order valence-electron chi connectivity index (χ3n) is 8.35. The number of nitrogens with zero attached hydrogens (tertiary/aromatic N) is 4. The number of rotatable bonds is 7. The van der Waals surface area contributed by atoms with Gasteiger partial charge < -0.3 is 10.0 Å². The quantitative estimate of drug-likeness (QED) is 0.359. The van der Waals surface area contributed by atoms with Crippen molar-refractivity contribution in [2.45, 2.75) is 71.0 Å². The molecule has 4 aliphatic carbocycles. The predicted molar refractivity (Wildman–Crippen MR) is 141 cm³/mol. The SMILES string of the molecule is C1C2CC1C2.CCN(CC(=O)c1c(Cl)cncc1Cl)C(=O)c1cnn(C2CCC(C)(C(=O)O)CC2)c1C(F)(F)F. The van der Waals surface area contributed by atoms with Gasteiger partial charge in [0, 0.05) is 18.9 Å². The molecule has 2 aromatic rings. The molecular formula is C27H31Cl2F3N4O4. The van der Waals surface area contributed by atoms with Gasteiger partial charge in [-0.15, -0.1) is 0 Å². The van der Waals surface area contributed by atoms with E-state index in [0.29, 0.717) is 0 Å². The van der Waals surface area contributed by atoms with Gasteiger partial charge in [-0.05, 0) is 70.6 Å². The van der Waals surface area contributed by atoms with Crippen LogP contribution in [0.2, 0.25) is 10.0 Å². The maximum Gasteiger partial charge on any atom is 0.433 e. The molecule has 0 aliphatic heterocycles. The first-order valence-electron chi connectivity index (χ1n) is 13.2. The number of aliphatic carboxylic acids is 1. The van der Waals surface area contributed by atoms with Crippen LogP contribution in [0.15, 0.2) is 18.6 Å². The van der Waals surface area contributed by atoms with Crippen LogP contribution in [0.5, 0.6) is 0 Å². The number of Topliss-reactive ketones (excluding diaryl/α,β-unsaturated/α-hetero) is 1. The van der Waals surface area contributed by atoms with Gasteiger partial charge in [0.1, 0.15) is 0 Å². The van der Waals surface area contributed by atoms with Crippen LogP contribution >= 0.6 is 23.2 Å². The van der Waals surface area contributed by atoms with Crippen LogP contribution in [0.3, 0.4) is 0 Å². The molecule has 13 heteroatoms. The first kappa shape index (κ1) is 30.3. The van der Waals surface area contributed by atoms with E-state index in [-0.39, 0.29) is 47.8 Å². The number of halogens is 5. The van der Waals surface area contributed by atoms with Crippen LogP contribution < -0.4 is 0 Å². The Kier molecular flexibility index (Phi) is 8.85. The molecule has 1 N–H and O–H groups in total. The lowest BCUT2D eigenvalue weighted by Crippen LogP contribution is -2.38. The van der Waals surface area contributed by atoms with E-state index < -0.39 is 53.1 Å². The van der Waals surface area contributed by atoms with E-state index in [0.717, 1.165) is 15.8 Å². The van der Waals surface area contributed by atoms with Gasteiger partial charge in [-0.1, -0.05) is 23.2 Å². The van der Waals surface area contributed by atoms with Gasteiger partial charge in [0.15, 0.2) is 11.5 Å². The highest BCUT2D eigenvalue weighted by Gasteiger charge is 2.45. The zero-order valence-corrected chi connectivity index (χ0v) is 23.7. The molecule has 218 valence electrons. The second-order valence-corrected chi connectivity index (χ2v) is 11.9. The van der Waals surface area contributed by atoms with Gasteiger partial charge in [0.25, 0.3) is 5.91 Å². The fourth-order valence-electron chi connectivity index (χ4n) is 5.41. The van der Waals surface area contributed by atoms with Crippen molar-refractivity contribution in [3.8, 4) is 0 Å². The molecule has 0 spiro atoms. The first-order valence-corrected chi connectivity index (χ1v) is 14.0. The number of likely N-dealkylation sites (N-methyl/N-ethyl adjacent to an activating group) is 1. The number of hydrogen-bond acceptors (Lipinski definition) is 5. The summed E-state index contributed by atoms with van der Waals surface area (Å²) < 4.78 is 43.1. The van der Waals surface area contributed by atoms with E-state index in [1.54, 1.807) is 26.2 Å². The van der Waals surface area contributed by atoms with Crippen LogP contribution in [0.1, 0.15) is 91.2 Å². The average molecular weight is 603 g/mol. The minimum Gasteiger partial charge on any atom is -0.481 e. The van der Waals surface area contributed by atoms with Gasteiger partial charge in [-0.25, -0.2) is 0 Å². The molecule has 0 radical (unpaired) electrons. The van der Waals surface area contributed by atoms with E-state index in [1.165, 1.54) is 31.2 Å². The van der Waals surface area contributed by atoms with Crippen LogP contribution in [0.4, 0.5) is 13.2 Å². The van der Waals surface area contributed by atoms with Crippen molar-refractivity contribution >= 4 is 40.9 Å². The standard InChI is InChI=1S/C22H23Cl2F3N4O4.C5H8/c1-3-30(11-16(32)17-14(23)9-28-10-15(17)24)19(33)13-8-29-31(18(13)22(25,26)27)12-4-6-21(2,7-5-12)20(34)35;1-4-2-5(1)3-4/h8-10,12H,3-7,11H2,1-2H3,(H,34,35);4-5H,1-3H2. The number of amides is 1. The van der Waals surface area contributed by atoms with Crippen molar-refractivity contribution < 1.29 is 32.7 Å². The summed E-state index contributed by atoms with van der Waals surface area (Å²) >= 11 is 12.0. The number of carbonyl (C=O) groups is 3. The zero-order valence-electron chi connectivity index (χ0n) is 22.2. The highest BCUT2D eigenvalue weighted by Crippen LogP contribution is 2.53. The van der Waals surface area contributed by atoms with Crippen LogP contribution in [0.25, 0.3) is 0 Å². The summed E-state index contributed by atoms with van der Waals surface area (Å²) in [5.74, 6) is -0.258. The molecule has 1 amide bonds. The minimum absolute atomic E-state index is 0.0412. The maximum atomic E-state index is 14.1. The summed E-state index contributed by atoms with van der Waals surface area (Å²) in [7, 11) is 0. The van der Waals surface area contributed by atoms with E-state index in [2.05, 4.69) is 10.1 Å². The van der Waals surface area contributed by atoms with Gasteiger partial charge in [0.2, 0.25) is 0 Å². The third kappa shape index (κ3) is 6.15. The van der Waals surface area contributed by atoms with Gasteiger partial charge in [-0.2, -0.15) is 18.3 Å². The topological polar surface area (TPSA) is 105 Å². The minimum atomic E-state index is -4.91. The normalized spacial score (nSPS) is 25.1. The van der Waals surface area contributed by atoms with E-state index in [4.69, 9.17) is 23.2 Å². The molecular weight excluding hydrogens is 572 g/mol. The summed E-state index contributed by atoms with van der Waals surface area (Å²) in [6, 6.07) is -0.716. The van der Waals surface area contributed by atoms with Crippen molar-refractivity contribution in [2.75, 3.05) is 13.1 Å². The third-order valence-corrected chi connectivity index (χ3v) is 8.92. The number of carboxylic acid groups (broad SMARTS) is 1. The fraction of sp³-hybridized carbons (Fsp3) is 0.593. The second-order valence-electron chi connectivity index (χ2n) is 11.1. The Morgan fingerprint density at radius 1 is 1.07 bits per heavy atom. The molecule has 4 saturated carbocycles. The molecule has 40 heavy (non-hydrogen) atoms. The van der Waals surface area contributed by atoms with E-state index >= 15 is 0 Å². The maximum absolute atomic E-state index is 14.1. The summed E-state index contributed by atoms with van der Waals surface area (Å²) in [5, 5.41) is 13.2. The molecule has 4 fully saturated rings. The van der Waals surface area contributed by atoms with Gasteiger partial charge in [-0.3, -0.25) is 24.0 Å². The Hall–Kier alpha value is -2.66. The Balaban J connectivity index is 0.000000651. The Morgan fingerprint density at radius 2 is 1.60 bits per heavy atom. The van der Waals surface area contributed by atoms with Crippen molar-refractivity contribution in [1.82, 2.24) is 19.7 Å². The largest absolute Gasteiger partial charge is 0.481 e. The lowest BCUT2D eigenvalue weighted by Gasteiger charge is -2.49. The number of carbonyl (C=O) groups excluding carboxylic acids is 2. The summed E-state index contributed by atoms with van der Waals surface area (Å²) in [6.07, 6.45) is 3.76. The van der Waals surface area contributed by atoms with Crippen LogP contribution in [-0.4, -0.2) is 55.5 Å². The van der Waals surface area contributed by atoms with Crippen LogP contribution in [-0.2, 0) is 11.0 Å². The Bertz CT molecular complexity index is 1250. The summed E-state index contributed by atoms with van der Waals surface area (Å²) in [4.78, 5) is 42.1. The van der Waals surface area contributed by atoms with Gasteiger partial charge >= 0.3 is 12.1 Å². The van der Waals surface area contributed by atoms with Crippen molar-refractivity contribution in [2.24, 2.45) is 17.3 Å². The van der Waals surface area contributed by atoms with Crippen LogP contribution in [0, 0.1) is 17.3 Å². The van der Waals surface area contributed by atoms with Crippen molar-refractivity contribution in [1.29, 1.82) is 0 Å². The zero-order chi connectivity index (χ0) is 29.4. The molecule has 2 heterocycles. The Labute approximate surface area is 239 Å². The average Bonchev–Trinajstić information content (AvgIpc) is 3.26. The fourth-order valence-corrected chi connectivity index (χ4v) is 5.99. The molecule has 8 nitrogen and oxygen atoms in total. The molecule has 6 rings (SSSR count). The monoisotopic (exact) mass is 602 g/mol. The van der Waals surface area contributed by atoms with E-state index in [1.807, 2.05) is 0 Å². The highest BCUT2D eigenvalue weighted by atomic mass is 35.5. The highest BCUT2D eigenvalue weighted by molar-refractivity contribution is 6.39. The molecule has 0 saturated heterocycles. The number of carboxylic acids is 1. The smallest absolute Gasteiger partial charge is 0.433 e. The Morgan fingerprint density at radius 3 is 2.02 bits per heavy atom. The van der Waals surface area contributed by atoms with E-state index in [9.17, 15) is 32.7 Å². The molecule has 0 unspecified atom stereocenters. The van der Waals surface area contributed by atoms with Crippen molar-refractivity contribution in [3.63, 3.8) is 0 Å². The predicted octanol–water partition coefficient (Wildman–Crippen LogP) is 6.57. The molecule has 0 atom stereocenters. The first-order chi connectivity index (χ1) is 18.7. The summed E-state index contributed by atoms with van der Waals surface area (Å²) in [6.45, 7) is 2.47. The van der Waals surface area contributed by atoms with Gasteiger partial charge in [0.05, 0.1) is 45.4 Å². The molecule has 2 aromatic heterocycles. The number of pyridine rings is 1. The molecule has 4 aliphatic rings. The number of alkyl halides is 3. The number of ketones is 1. The summed E-state index contributed by atoms with van der Waals surface area (Å²) in [5.41, 5.74) is -3.01.